The Balaban J connectivity index is 1.57. The van der Waals surface area contributed by atoms with Crippen molar-refractivity contribution in [3.63, 3.8) is 0 Å². The highest BCUT2D eigenvalue weighted by atomic mass is 32.2. The predicted octanol–water partition coefficient (Wildman–Crippen LogP) is -0.475. The Labute approximate surface area is 211 Å². The van der Waals surface area contributed by atoms with Crippen molar-refractivity contribution in [3.8, 4) is 5.75 Å². The van der Waals surface area contributed by atoms with Crippen molar-refractivity contribution in [2.75, 3.05) is 5.75 Å². The SMILES string of the molecule is CC(C(=O)O)C(Sc1nn[nH]n1)C1=C(C(=O)O)N2C(=O)C(NC(=O)C(N)c3ccc(O)cc3)[C@H]2SC1. The number of amides is 2. The number of carbonyl (C=O) groups is 4. The number of benzene rings is 1. The average Bonchev–Trinajstić information content (AvgIpc) is 3.37. The molecule has 16 heteroatoms. The van der Waals surface area contributed by atoms with Crippen LogP contribution in [0.15, 0.2) is 40.7 Å². The maximum Gasteiger partial charge on any atom is 0.352 e. The van der Waals surface area contributed by atoms with Crippen molar-refractivity contribution >= 4 is 47.3 Å². The number of carboxylic acids is 2. The number of phenols is 1. The molecule has 2 amide bonds. The molecule has 1 saturated heterocycles. The molecule has 0 aliphatic carbocycles. The Morgan fingerprint density at radius 1 is 1.28 bits per heavy atom. The second-order valence-corrected chi connectivity index (χ2v) is 10.2. The molecule has 5 atom stereocenters. The number of thioether (sulfide) groups is 2. The van der Waals surface area contributed by atoms with Gasteiger partial charge in [-0.1, -0.05) is 30.8 Å². The molecule has 2 aromatic rings. The number of aromatic nitrogens is 4. The van der Waals surface area contributed by atoms with Crippen molar-refractivity contribution in [2.45, 2.75) is 34.8 Å². The third-order valence-electron chi connectivity index (χ3n) is 5.78. The minimum Gasteiger partial charge on any atom is -0.508 e. The van der Waals surface area contributed by atoms with E-state index in [4.69, 9.17) is 5.73 Å². The fraction of sp³-hybridized carbons (Fsp3) is 0.350. The van der Waals surface area contributed by atoms with Crippen LogP contribution in [0, 0.1) is 5.92 Å². The predicted molar refractivity (Wildman–Crippen MR) is 125 cm³/mol. The van der Waals surface area contributed by atoms with E-state index in [2.05, 4.69) is 25.9 Å². The first-order valence-electron chi connectivity index (χ1n) is 10.5. The number of nitrogens with zero attached hydrogens (tertiary/aromatic N) is 4. The van der Waals surface area contributed by atoms with Gasteiger partial charge in [0.05, 0.1) is 5.92 Å². The van der Waals surface area contributed by atoms with Crippen LogP contribution in [0.3, 0.4) is 0 Å². The minimum absolute atomic E-state index is 0.00610. The Hall–Kier alpha value is -3.63. The standard InChI is InChI=1S/C20H21N7O7S2/c1-7(18(31)32)14(36-20-23-25-26-24-20)10-6-35-17-12(16(30)27(17)13(10)19(33)34)22-15(29)11(21)8-2-4-9(28)5-3-8/h2-5,7,11-12,14,17,28H,6,21H2,1H3,(H,22,29)(H,31,32)(H,33,34)(H,23,24,25,26)/t7?,11?,12?,14?,17-/m1/s1. The molecule has 7 N–H and O–H groups in total. The van der Waals surface area contributed by atoms with Crippen LogP contribution in [0.1, 0.15) is 18.5 Å². The quantitative estimate of drug-likeness (QED) is 0.176. The molecule has 3 heterocycles. The Kier molecular flexibility index (Phi) is 7.18. The lowest BCUT2D eigenvalue weighted by molar-refractivity contribution is -0.151. The van der Waals surface area contributed by atoms with E-state index in [9.17, 15) is 34.5 Å². The number of aliphatic carboxylic acids is 2. The van der Waals surface area contributed by atoms with E-state index in [1.54, 1.807) is 0 Å². The van der Waals surface area contributed by atoms with E-state index in [1.807, 2.05) is 0 Å². The molecule has 14 nitrogen and oxygen atoms in total. The molecule has 4 rings (SSSR count). The third-order valence-corrected chi connectivity index (χ3v) is 8.41. The van der Waals surface area contributed by atoms with Gasteiger partial charge >= 0.3 is 11.9 Å². The van der Waals surface area contributed by atoms with E-state index in [1.165, 1.54) is 43.0 Å². The smallest absolute Gasteiger partial charge is 0.352 e. The summed E-state index contributed by atoms with van der Waals surface area (Å²) in [7, 11) is 0. The van der Waals surface area contributed by atoms with Crippen LogP contribution >= 0.6 is 23.5 Å². The van der Waals surface area contributed by atoms with Crippen LogP contribution in [0.25, 0.3) is 0 Å². The Bertz CT molecular complexity index is 1220. The number of aromatic amines is 1. The van der Waals surface area contributed by atoms with Crippen molar-refractivity contribution in [1.82, 2.24) is 30.8 Å². The van der Waals surface area contributed by atoms with E-state index in [0.29, 0.717) is 5.56 Å². The molecular formula is C20H21N7O7S2. The number of nitrogens with one attached hydrogen (secondary N) is 2. The molecule has 0 bridgehead atoms. The van der Waals surface area contributed by atoms with Gasteiger partial charge in [-0.2, -0.15) is 5.21 Å². The van der Waals surface area contributed by atoms with Gasteiger partial charge in [-0.25, -0.2) is 4.79 Å². The average molecular weight is 536 g/mol. The number of nitrogens with two attached hydrogens (primary N) is 1. The van der Waals surface area contributed by atoms with Gasteiger partial charge in [0.25, 0.3) is 5.91 Å². The van der Waals surface area contributed by atoms with Gasteiger partial charge in [-0.05, 0) is 28.5 Å². The molecule has 4 unspecified atom stereocenters. The Morgan fingerprint density at radius 3 is 2.56 bits per heavy atom. The maximum absolute atomic E-state index is 13.0. The molecular weight excluding hydrogens is 514 g/mol. The summed E-state index contributed by atoms with van der Waals surface area (Å²) in [6.45, 7) is 1.43. The zero-order valence-electron chi connectivity index (χ0n) is 18.6. The summed E-state index contributed by atoms with van der Waals surface area (Å²) >= 11 is 2.13. The Morgan fingerprint density at radius 2 is 1.97 bits per heavy atom. The number of hydrogen-bond acceptors (Lipinski definition) is 11. The van der Waals surface area contributed by atoms with Crippen molar-refractivity contribution in [2.24, 2.45) is 11.7 Å². The van der Waals surface area contributed by atoms with Crippen LogP contribution < -0.4 is 11.1 Å². The normalized spacial score (nSPS) is 21.7. The molecule has 1 aromatic heterocycles. The van der Waals surface area contributed by atoms with Gasteiger partial charge in [0, 0.05) is 11.0 Å². The molecule has 190 valence electrons. The highest BCUT2D eigenvalue weighted by Crippen LogP contribution is 2.45. The van der Waals surface area contributed by atoms with Crippen LogP contribution in [0.4, 0.5) is 0 Å². The molecule has 1 fully saturated rings. The van der Waals surface area contributed by atoms with Gasteiger partial charge in [0.1, 0.15) is 28.9 Å². The van der Waals surface area contributed by atoms with Crippen molar-refractivity contribution in [1.29, 1.82) is 0 Å². The molecule has 0 saturated carbocycles. The summed E-state index contributed by atoms with van der Waals surface area (Å²) < 4.78 is 0. The lowest BCUT2D eigenvalue weighted by Gasteiger charge is -2.50. The maximum atomic E-state index is 13.0. The first-order chi connectivity index (χ1) is 17.1. The van der Waals surface area contributed by atoms with E-state index >= 15 is 0 Å². The van der Waals surface area contributed by atoms with Gasteiger partial charge < -0.3 is 26.4 Å². The molecule has 1 aromatic carbocycles. The lowest BCUT2D eigenvalue weighted by Crippen LogP contribution is -2.71. The number of rotatable bonds is 9. The lowest BCUT2D eigenvalue weighted by atomic mass is 9.96. The largest absolute Gasteiger partial charge is 0.508 e. The fourth-order valence-electron chi connectivity index (χ4n) is 3.86. The van der Waals surface area contributed by atoms with Gasteiger partial charge in [-0.15, -0.1) is 22.0 Å². The van der Waals surface area contributed by atoms with Gasteiger partial charge in [0.15, 0.2) is 0 Å². The van der Waals surface area contributed by atoms with Crippen molar-refractivity contribution in [3.05, 3.63) is 41.1 Å². The van der Waals surface area contributed by atoms with Gasteiger partial charge in [0.2, 0.25) is 11.1 Å². The molecule has 0 spiro atoms. The second-order valence-electron chi connectivity index (χ2n) is 8.00. The number of hydrogen-bond donors (Lipinski definition) is 6. The summed E-state index contributed by atoms with van der Waals surface area (Å²) in [6, 6.07) is 3.59. The van der Waals surface area contributed by atoms with E-state index in [-0.39, 0.29) is 27.9 Å². The number of tetrazole rings is 1. The number of fused-ring (bicyclic) bond motifs is 1. The number of phenolic OH excluding ortho intramolecular Hbond substituents is 1. The highest BCUT2D eigenvalue weighted by Gasteiger charge is 2.55. The topological polar surface area (TPSA) is 225 Å². The van der Waals surface area contributed by atoms with Crippen molar-refractivity contribution < 1.29 is 34.5 Å². The number of carbonyl (C=O) groups excluding carboxylic acids is 2. The van der Waals surface area contributed by atoms with Crippen LogP contribution in [0.2, 0.25) is 0 Å². The number of β-lactam (4-membered cyclic amide) rings is 1. The fourth-order valence-corrected chi connectivity index (χ4v) is 6.43. The van der Waals surface area contributed by atoms with Crippen LogP contribution in [-0.4, -0.2) is 87.0 Å². The summed E-state index contributed by atoms with van der Waals surface area (Å²) in [5, 5.41) is 43.4. The number of H-pyrrole nitrogens is 1. The number of carboxylic acid groups (broad SMARTS) is 2. The molecule has 0 radical (unpaired) electrons. The van der Waals surface area contributed by atoms with E-state index < -0.39 is 52.4 Å². The molecule has 36 heavy (non-hydrogen) atoms. The van der Waals surface area contributed by atoms with Gasteiger partial charge in [-0.3, -0.25) is 19.3 Å². The third kappa shape index (κ3) is 4.74. The first-order valence-corrected chi connectivity index (χ1v) is 12.4. The van der Waals surface area contributed by atoms with Crippen LogP contribution in [0.5, 0.6) is 5.75 Å². The zero-order chi connectivity index (χ0) is 26.1. The van der Waals surface area contributed by atoms with E-state index in [0.717, 1.165) is 16.7 Å². The first kappa shape index (κ1) is 25.5. The summed E-state index contributed by atoms with van der Waals surface area (Å²) in [5.74, 6) is -4.79. The minimum atomic E-state index is -1.40. The molecule has 2 aliphatic heterocycles. The summed E-state index contributed by atoms with van der Waals surface area (Å²) in [4.78, 5) is 50.8. The highest BCUT2D eigenvalue weighted by molar-refractivity contribution is 8.01. The summed E-state index contributed by atoms with van der Waals surface area (Å²) in [6.07, 6.45) is 0. The summed E-state index contributed by atoms with van der Waals surface area (Å²) in [5.41, 5.74) is 6.31. The van der Waals surface area contributed by atoms with Crippen LogP contribution in [-0.2, 0) is 19.2 Å². The monoisotopic (exact) mass is 535 g/mol. The zero-order valence-corrected chi connectivity index (χ0v) is 20.2. The number of aromatic hydroxyl groups is 1. The second kappa shape index (κ2) is 10.2. The molecule has 2 aliphatic rings.